The molecule has 3 rings (SSSR count). The van der Waals surface area contributed by atoms with E-state index in [-0.39, 0.29) is 5.02 Å². The summed E-state index contributed by atoms with van der Waals surface area (Å²) in [6.45, 7) is 0.541. The summed E-state index contributed by atoms with van der Waals surface area (Å²) in [5.74, 6) is 0. The van der Waals surface area contributed by atoms with Gasteiger partial charge in [0.05, 0.1) is 18.4 Å². The largest absolute Gasteiger partial charge is 0.377 e. The third kappa shape index (κ3) is 2.32. The zero-order valence-electron chi connectivity index (χ0n) is 9.90. The topological polar surface area (TPSA) is 73.6 Å². The lowest BCUT2D eigenvalue weighted by Crippen LogP contribution is -2.11. The molecule has 19 heavy (non-hydrogen) atoms. The number of hydrogen-bond donors (Lipinski definition) is 3. The molecule has 6 heteroatoms. The van der Waals surface area contributed by atoms with E-state index in [4.69, 9.17) is 11.6 Å². The van der Waals surface area contributed by atoms with Gasteiger partial charge >= 0.3 is 0 Å². The van der Waals surface area contributed by atoms with E-state index in [1.807, 2.05) is 24.3 Å². The van der Waals surface area contributed by atoms with E-state index in [9.17, 15) is 4.79 Å². The van der Waals surface area contributed by atoms with Crippen molar-refractivity contribution < 1.29 is 0 Å². The average Bonchev–Trinajstić information content (AvgIpc) is 2.83. The molecule has 0 saturated carbocycles. The van der Waals surface area contributed by atoms with E-state index in [1.165, 1.54) is 6.20 Å². The molecule has 1 aromatic carbocycles. The molecule has 0 bridgehead atoms. The number of fused-ring (bicyclic) bond motifs is 1. The van der Waals surface area contributed by atoms with Crippen LogP contribution in [0, 0.1) is 0 Å². The molecule has 0 spiro atoms. The highest BCUT2D eigenvalue weighted by Gasteiger charge is 2.05. The summed E-state index contributed by atoms with van der Waals surface area (Å²) in [4.78, 5) is 14.6. The van der Waals surface area contributed by atoms with Crippen molar-refractivity contribution in [1.29, 1.82) is 0 Å². The third-order valence-corrected chi connectivity index (χ3v) is 3.23. The third-order valence-electron chi connectivity index (χ3n) is 2.85. The highest BCUT2D eigenvalue weighted by Crippen LogP contribution is 2.18. The van der Waals surface area contributed by atoms with Gasteiger partial charge in [0.2, 0.25) is 0 Å². The lowest BCUT2D eigenvalue weighted by Gasteiger charge is -2.05. The van der Waals surface area contributed by atoms with Crippen molar-refractivity contribution in [3.8, 4) is 0 Å². The molecule has 0 amide bonds. The Morgan fingerprint density at radius 3 is 3.00 bits per heavy atom. The number of nitrogens with one attached hydrogen (secondary N) is 3. The molecule has 0 atom stereocenters. The summed E-state index contributed by atoms with van der Waals surface area (Å²) in [6, 6.07) is 10.1. The number of hydrogen-bond acceptors (Lipinski definition) is 3. The number of halogens is 1. The number of rotatable bonds is 3. The van der Waals surface area contributed by atoms with E-state index >= 15 is 0 Å². The standard InChI is InChI=1S/C13H11ClN4O/c14-12-11(7-16-18-13(12)19)15-6-9-5-8-3-1-2-4-10(8)17-9/h1-5,7,17H,6H2,(H2,15,18,19). The SMILES string of the molecule is O=c1[nH]ncc(NCc2cc3ccccc3[nH]2)c1Cl. The van der Waals surface area contributed by atoms with E-state index in [1.54, 1.807) is 0 Å². The van der Waals surface area contributed by atoms with E-state index < -0.39 is 5.56 Å². The first-order chi connectivity index (χ1) is 9.24. The molecule has 5 nitrogen and oxygen atoms in total. The van der Waals surface area contributed by atoms with Crippen molar-refractivity contribution in [3.63, 3.8) is 0 Å². The number of benzene rings is 1. The molecule has 3 aromatic rings. The van der Waals surface area contributed by atoms with Crippen molar-refractivity contribution >= 4 is 28.2 Å². The zero-order chi connectivity index (χ0) is 13.2. The fourth-order valence-electron chi connectivity index (χ4n) is 1.93. The highest BCUT2D eigenvalue weighted by molar-refractivity contribution is 6.32. The van der Waals surface area contributed by atoms with Gasteiger partial charge in [-0.25, -0.2) is 5.10 Å². The van der Waals surface area contributed by atoms with Crippen LogP contribution in [-0.2, 0) is 6.54 Å². The molecule has 0 saturated heterocycles. The summed E-state index contributed by atoms with van der Waals surface area (Å²) in [5, 5.41) is 10.3. The highest BCUT2D eigenvalue weighted by atomic mass is 35.5. The molecule has 96 valence electrons. The molecule has 2 aromatic heterocycles. The lowest BCUT2D eigenvalue weighted by molar-refractivity contribution is 0.978. The van der Waals surface area contributed by atoms with Crippen LogP contribution < -0.4 is 10.9 Å². The first kappa shape index (κ1) is 11.8. The quantitative estimate of drug-likeness (QED) is 0.687. The fraction of sp³-hybridized carbons (Fsp3) is 0.0769. The van der Waals surface area contributed by atoms with Crippen LogP contribution in [0.25, 0.3) is 10.9 Å². The van der Waals surface area contributed by atoms with Crippen molar-refractivity contribution in [2.45, 2.75) is 6.54 Å². The molecular formula is C13H11ClN4O. The van der Waals surface area contributed by atoms with Gasteiger partial charge in [0.1, 0.15) is 5.02 Å². The van der Waals surface area contributed by atoms with Crippen molar-refractivity contribution in [2.75, 3.05) is 5.32 Å². The van der Waals surface area contributed by atoms with Crippen LogP contribution in [0.3, 0.4) is 0 Å². The Hall–Kier alpha value is -2.27. The first-order valence-corrected chi connectivity index (χ1v) is 6.15. The maximum Gasteiger partial charge on any atom is 0.285 e. The number of para-hydroxylation sites is 1. The Labute approximate surface area is 113 Å². The molecule has 3 N–H and O–H groups in total. The Morgan fingerprint density at radius 1 is 1.32 bits per heavy atom. The minimum atomic E-state index is -0.400. The maximum atomic E-state index is 11.3. The first-order valence-electron chi connectivity index (χ1n) is 5.78. The Bertz CT molecular complexity index is 744. The number of H-pyrrole nitrogens is 2. The van der Waals surface area contributed by atoms with Crippen LogP contribution in [0.1, 0.15) is 5.69 Å². The summed E-state index contributed by atoms with van der Waals surface area (Å²) < 4.78 is 0. The van der Waals surface area contributed by atoms with E-state index in [0.29, 0.717) is 12.2 Å². The van der Waals surface area contributed by atoms with Gasteiger partial charge in [0.15, 0.2) is 0 Å². The molecule has 2 heterocycles. The van der Waals surface area contributed by atoms with Gasteiger partial charge < -0.3 is 10.3 Å². The Kier molecular flexibility index (Phi) is 2.97. The second kappa shape index (κ2) is 4.78. The average molecular weight is 275 g/mol. The van der Waals surface area contributed by atoms with Gasteiger partial charge in [-0.2, -0.15) is 5.10 Å². The summed E-state index contributed by atoms with van der Waals surface area (Å²) in [5.41, 5.74) is 2.21. The van der Waals surface area contributed by atoms with Crippen LogP contribution in [-0.4, -0.2) is 15.2 Å². The zero-order valence-corrected chi connectivity index (χ0v) is 10.7. The summed E-state index contributed by atoms with van der Waals surface area (Å²) in [7, 11) is 0. The van der Waals surface area contributed by atoms with Crippen molar-refractivity contribution in [3.05, 3.63) is 57.6 Å². The van der Waals surface area contributed by atoms with Crippen LogP contribution in [0.4, 0.5) is 5.69 Å². The maximum absolute atomic E-state index is 11.3. The fourth-order valence-corrected chi connectivity index (χ4v) is 2.08. The number of anilines is 1. The van der Waals surface area contributed by atoms with Gasteiger partial charge in [-0.05, 0) is 17.5 Å². The van der Waals surface area contributed by atoms with Gasteiger partial charge in [-0.3, -0.25) is 4.79 Å². The smallest absolute Gasteiger partial charge is 0.285 e. The Balaban J connectivity index is 1.82. The molecule has 0 fully saturated rings. The minimum Gasteiger partial charge on any atom is -0.377 e. The van der Waals surface area contributed by atoms with Gasteiger partial charge in [0.25, 0.3) is 5.56 Å². The molecule has 0 aliphatic rings. The summed E-state index contributed by atoms with van der Waals surface area (Å²) >= 11 is 5.88. The Morgan fingerprint density at radius 2 is 2.16 bits per heavy atom. The van der Waals surface area contributed by atoms with Gasteiger partial charge in [-0.15, -0.1) is 0 Å². The van der Waals surface area contributed by atoms with Crippen LogP contribution in [0.15, 0.2) is 41.3 Å². The molecule has 0 aliphatic heterocycles. The number of aromatic amines is 2. The van der Waals surface area contributed by atoms with Gasteiger partial charge in [-0.1, -0.05) is 29.8 Å². The van der Waals surface area contributed by atoms with Crippen molar-refractivity contribution in [2.24, 2.45) is 0 Å². The number of aromatic nitrogens is 3. The van der Waals surface area contributed by atoms with Crippen LogP contribution >= 0.6 is 11.6 Å². The monoisotopic (exact) mass is 274 g/mol. The van der Waals surface area contributed by atoms with Crippen molar-refractivity contribution in [1.82, 2.24) is 15.2 Å². The lowest BCUT2D eigenvalue weighted by atomic mass is 10.2. The molecule has 0 aliphatic carbocycles. The predicted octanol–water partition coefficient (Wildman–Crippen LogP) is 2.52. The normalized spacial score (nSPS) is 10.8. The molecular weight excluding hydrogens is 264 g/mol. The number of nitrogens with zero attached hydrogens (tertiary/aromatic N) is 1. The second-order valence-electron chi connectivity index (χ2n) is 4.16. The van der Waals surface area contributed by atoms with E-state index in [0.717, 1.165) is 16.6 Å². The van der Waals surface area contributed by atoms with Crippen LogP contribution in [0.5, 0.6) is 0 Å². The predicted molar refractivity (Wildman–Crippen MR) is 75.5 cm³/mol. The van der Waals surface area contributed by atoms with Crippen LogP contribution in [0.2, 0.25) is 5.02 Å². The minimum absolute atomic E-state index is 0.117. The second-order valence-corrected chi connectivity index (χ2v) is 4.54. The molecule has 0 unspecified atom stereocenters. The molecule has 0 radical (unpaired) electrons. The van der Waals surface area contributed by atoms with Gasteiger partial charge in [0, 0.05) is 11.2 Å². The van der Waals surface area contributed by atoms with E-state index in [2.05, 4.69) is 26.6 Å². The summed E-state index contributed by atoms with van der Waals surface area (Å²) in [6.07, 6.45) is 1.49.